The van der Waals surface area contributed by atoms with Crippen molar-refractivity contribution < 1.29 is 14.6 Å². The molecule has 0 aliphatic heterocycles. The number of para-hydroxylation sites is 1. The number of hydrogen-bond acceptors (Lipinski definition) is 3. The number of imidazole rings is 1. The molecule has 0 saturated heterocycles. The maximum absolute atomic E-state index is 12.2. The van der Waals surface area contributed by atoms with E-state index in [4.69, 9.17) is 4.74 Å². The number of benzene rings is 2. The molecule has 2 aromatic carbocycles. The topological polar surface area (TPSA) is 84.3 Å². The van der Waals surface area contributed by atoms with Crippen molar-refractivity contribution in [3.05, 3.63) is 58.5 Å². The second kappa shape index (κ2) is 4.82. The number of methoxy groups -OCH3 is 1. The number of ether oxygens (including phenoxy) is 1. The molecule has 0 unspecified atom stereocenters. The van der Waals surface area contributed by atoms with Crippen LogP contribution in [-0.2, 0) is 0 Å². The lowest BCUT2D eigenvalue weighted by Gasteiger charge is -2.05. The highest BCUT2D eigenvalue weighted by Crippen LogP contribution is 2.20. The number of aromatic amines is 1. The third kappa shape index (κ3) is 2.06. The maximum atomic E-state index is 12.2. The van der Waals surface area contributed by atoms with Crippen LogP contribution in [-0.4, -0.2) is 27.7 Å². The van der Waals surface area contributed by atoms with Gasteiger partial charge in [-0.2, -0.15) is 0 Å². The molecule has 0 fully saturated rings. The Kier molecular flexibility index (Phi) is 2.98. The first-order valence-corrected chi connectivity index (χ1v) is 6.23. The van der Waals surface area contributed by atoms with Crippen molar-refractivity contribution in [2.75, 3.05) is 7.11 Å². The Labute approximate surface area is 119 Å². The van der Waals surface area contributed by atoms with Crippen LogP contribution in [0.4, 0.5) is 0 Å². The molecule has 0 atom stereocenters. The van der Waals surface area contributed by atoms with E-state index in [0.29, 0.717) is 22.5 Å². The lowest BCUT2D eigenvalue weighted by molar-refractivity contribution is 0.0699. The zero-order valence-electron chi connectivity index (χ0n) is 11.2. The van der Waals surface area contributed by atoms with Gasteiger partial charge in [0.1, 0.15) is 5.75 Å². The molecule has 0 aliphatic carbocycles. The highest BCUT2D eigenvalue weighted by atomic mass is 16.5. The number of nitrogens with one attached hydrogen (secondary N) is 1. The molecule has 0 bridgehead atoms. The SMILES string of the molecule is COc1ccc(-n2c(=O)[nH]c3c(C(=O)O)cccc32)cc1. The predicted molar refractivity (Wildman–Crippen MR) is 77.4 cm³/mol. The number of H-pyrrole nitrogens is 1. The monoisotopic (exact) mass is 284 g/mol. The molecular formula is C15H12N2O4. The summed E-state index contributed by atoms with van der Waals surface area (Å²) < 4.78 is 6.51. The first kappa shape index (κ1) is 13.0. The zero-order chi connectivity index (χ0) is 15.0. The number of hydrogen-bond donors (Lipinski definition) is 2. The molecule has 0 spiro atoms. The van der Waals surface area contributed by atoms with Crippen LogP contribution in [0.1, 0.15) is 10.4 Å². The van der Waals surface area contributed by atoms with Gasteiger partial charge in [0, 0.05) is 0 Å². The van der Waals surface area contributed by atoms with Crippen molar-refractivity contribution in [3.8, 4) is 11.4 Å². The summed E-state index contributed by atoms with van der Waals surface area (Å²) in [6, 6.07) is 11.7. The number of aromatic carboxylic acids is 1. The van der Waals surface area contributed by atoms with Gasteiger partial charge in [-0.3, -0.25) is 4.57 Å². The van der Waals surface area contributed by atoms with Gasteiger partial charge in [0.2, 0.25) is 0 Å². The van der Waals surface area contributed by atoms with Crippen LogP contribution < -0.4 is 10.4 Å². The maximum Gasteiger partial charge on any atom is 0.337 e. The van der Waals surface area contributed by atoms with Crippen molar-refractivity contribution in [3.63, 3.8) is 0 Å². The highest BCUT2D eigenvalue weighted by molar-refractivity contribution is 6.01. The molecule has 106 valence electrons. The molecular weight excluding hydrogens is 272 g/mol. The van der Waals surface area contributed by atoms with Crippen LogP contribution >= 0.6 is 0 Å². The number of carboxylic acid groups (broad SMARTS) is 1. The molecule has 0 radical (unpaired) electrons. The van der Waals surface area contributed by atoms with E-state index < -0.39 is 5.97 Å². The summed E-state index contributed by atoms with van der Waals surface area (Å²) in [5, 5.41) is 9.17. The Morgan fingerprint density at radius 1 is 1.19 bits per heavy atom. The quantitative estimate of drug-likeness (QED) is 0.770. The van der Waals surface area contributed by atoms with E-state index in [1.54, 1.807) is 43.5 Å². The second-order valence-electron chi connectivity index (χ2n) is 4.47. The Bertz CT molecular complexity index is 875. The number of rotatable bonds is 3. The third-order valence-corrected chi connectivity index (χ3v) is 3.28. The fourth-order valence-corrected chi connectivity index (χ4v) is 2.30. The van der Waals surface area contributed by atoms with Crippen LogP contribution in [0.15, 0.2) is 47.3 Å². The van der Waals surface area contributed by atoms with Crippen molar-refractivity contribution in [1.82, 2.24) is 9.55 Å². The van der Waals surface area contributed by atoms with E-state index in [-0.39, 0.29) is 11.3 Å². The lowest BCUT2D eigenvalue weighted by Crippen LogP contribution is -2.14. The minimum atomic E-state index is -1.08. The summed E-state index contributed by atoms with van der Waals surface area (Å²) in [6.07, 6.45) is 0. The van der Waals surface area contributed by atoms with Crippen LogP contribution in [0.3, 0.4) is 0 Å². The normalized spacial score (nSPS) is 10.7. The van der Waals surface area contributed by atoms with Gasteiger partial charge in [-0.15, -0.1) is 0 Å². The summed E-state index contributed by atoms with van der Waals surface area (Å²) in [5.74, 6) is -0.401. The third-order valence-electron chi connectivity index (χ3n) is 3.28. The Morgan fingerprint density at radius 2 is 1.90 bits per heavy atom. The van der Waals surface area contributed by atoms with E-state index in [9.17, 15) is 14.7 Å². The predicted octanol–water partition coefficient (Wildman–Crippen LogP) is 2.03. The molecule has 6 nitrogen and oxygen atoms in total. The lowest BCUT2D eigenvalue weighted by atomic mass is 10.2. The molecule has 0 amide bonds. The van der Waals surface area contributed by atoms with Crippen molar-refractivity contribution in [2.45, 2.75) is 0 Å². The van der Waals surface area contributed by atoms with Crippen LogP contribution in [0.2, 0.25) is 0 Å². The van der Waals surface area contributed by atoms with E-state index in [2.05, 4.69) is 4.98 Å². The summed E-state index contributed by atoms with van der Waals surface area (Å²) in [7, 11) is 1.56. The van der Waals surface area contributed by atoms with Crippen LogP contribution in [0.5, 0.6) is 5.75 Å². The van der Waals surface area contributed by atoms with Crippen LogP contribution in [0.25, 0.3) is 16.7 Å². The van der Waals surface area contributed by atoms with Gasteiger partial charge in [0.15, 0.2) is 0 Å². The van der Waals surface area contributed by atoms with E-state index >= 15 is 0 Å². The molecule has 1 aromatic heterocycles. The van der Waals surface area contributed by atoms with Gasteiger partial charge in [0.25, 0.3) is 0 Å². The number of aromatic nitrogens is 2. The number of carbonyl (C=O) groups is 1. The van der Waals surface area contributed by atoms with Gasteiger partial charge in [-0.25, -0.2) is 9.59 Å². The second-order valence-corrected chi connectivity index (χ2v) is 4.47. The van der Waals surface area contributed by atoms with Gasteiger partial charge in [-0.1, -0.05) is 6.07 Å². The number of nitrogens with zero attached hydrogens (tertiary/aromatic N) is 1. The fraction of sp³-hybridized carbons (Fsp3) is 0.0667. The van der Waals surface area contributed by atoms with Gasteiger partial charge in [-0.05, 0) is 36.4 Å². The number of fused-ring (bicyclic) bond motifs is 1. The van der Waals surface area contributed by atoms with Crippen LogP contribution in [0, 0.1) is 0 Å². The summed E-state index contributed by atoms with van der Waals surface area (Å²) in [4.78, 5) is 26.0. The average Bonchev–Trinajstić information content (AvgIpc) is 2.82. The van der Waals surface area contributed by atoms with Gasteiger partial charge >= 0.3 is 11.7 Å². The van der Waals surface area contributed by atoms with Crippen molar-refractivity contribution >= 4 is 17.0 Å². The minimum Gasteiger partial charge on any atom is -0.497 e. The van der Waals surface area contributed by atoms with Gasteiger partial charge < -0.3 is 14.8 Å². The van der Waals surface area contributed by atoms with E-state index in [1.807, 2.05) is 0 Å². The molecule has 2 N–H and O–H groups in total. The molecule has 3 aromatic rings. The first-order valence-electron chi connectivity index (χ1n) is 6.23. The standard InChI is InChI=1S/C15H12N2O4/c1-21-10-7-5-9(6-8-10)17-12-4-2-3-11(14(18)19)13(12)16-15(17)20/h2-8H,1H3,(H,16,20)(H,18,19). The highest BCUT2D eigenvalue weighted by Gasteiger charge is 2.15. The molecule has 0 saturated carbocycles. The minimum absolute atomic E-state index is 0.0665. The Hall–Kier alpha value is -3.02. The van der Waals surface area contributed by atoms with Crippen molar-refractivity contribution in [2.24, 2.45) is 0 Å². The molecule has 6 heteroatoms. The summed E-state index contributed by atoms with van der Waals surface area (Å²) >= 11 is 0. The molecule has 3 rings (SSSR count). The summed E-state index contributed by atoms with van der Waals surface area (Å²) in [6.45, 7) is 0. The Morgan fingerprint density at radius 3 is 2.52 bits per heavy atom. The summed E-state index contributed by atoms with van der Waals surface area (Å²) in [5.41, 5.74) is 1.14. The first-order chi connectivity index (χ1) is 10.1. The van der Waals surface area contributed by atoms with Crippen molar-refractivity contribution in [1.29, 1.82) is 0 Å². The zero-order valence-corrected chi connectivity index (χ0v) is 11.2. The molecule has 21 heavy (non-hydrogen) atoms. The molecule has 0 aliphatic rings. The smallest absolute Gasteiger partial charge is 0.337 e. The average molecular weight is 284 g/mol. The Balaban J connectivity index is 2.27. The van der Waals surface area contributed by atoms with Gasteiger partial charge in [0.05, 0.1) is 29.4 Å². The van der Waals surface area contributed by atoms with E-state index in [0.717, 1.165) is 0 Å². The van der Waals surface area contributed by atoms with E-state index in [1.165, 1.54) is 10.6 Å². The molecule has 1 heterocycles. The number of carboxylic acids is 1. The fourth-order valence-electron chi connectivity index (χ4n) is 2.30. The largest absolute Gasteiger partial charge is 0.497 e.